The van der Waals surface area contributed by atoms with Gasteiger partial charge in [0.1, 0.15) is 0 Å². The summed E-state index contributed by atoms with van der Waals surface area (Å²) in [6.07, 6.45) is -0.106. The molecule has 0 saturated carbocycles. The molecule has 24 heavy (non-hydrogen) atoms. The highest BCUT2D eigenvalue weighted by Gasteiger charge is 2.35. The van der Waals surface area contributed by atoms with E-state index in [1.54, 1.807) is 0 Å². The molecule has 0 heterocycles. The van der Waals surface area contributed by atoms with E-state index in [1.165, 1.54) is 0 Å². The summed E-state index contributed by atoms with van der Waals surface area (Å²) in [5, 5.41) is 32.5. The fraction of sp³-hybridized carbons (Fsp3) is 0.0769. The zero-order valence-electron chi connectivity index (χ0n) is 11.6. The highest BCUT2D eigenvalue weighted by molar-refractivity contribution is 6.37. The summed E-state index contributed by atoms with van der Waals surface area (Å²) >= 11 is 0. The molecule has 0 saturated heterocycles. The predicted octanol–water partition coefficient (Wildman–Crippen LogP) is 1.47. The Labute approximate surface area is 132 Å². The molecule has 0 aliphatic heterocycles. The average molecular weight is 352 g/mol. The van der Waals surface area contributed by atoms with Crippen molar-refractivity contribution in [2.24, 2.45) is 0 Å². The van der Waals surface area contributed by atoms with Gasteiger partial charge in [-0.15, -0.1) is 0 Å². The quantitative estimate of drug-likeness (QED) is 0.243. The first-order chi connectivity index (χ1) is 10.9. The summed E-state index contributed by atoms with van der Waals surface area (Å²) < 4.78 is 34.6. The van der Waals surface area contributed by atoms with E-state index in [0.29, 0.717) is 18.4 Å². The average Bonchev–Trinajstić information content (AvgIpc) is 2.46. The van der Waals surface area contributed by atoms with Crippen LogP contribution in [-0.4, -0.2) is 50.1 Å². The molecule has 8 nitrogen and oxygen atoms in total. The van der Waals surface area contributed by atoms with Gasteiger partial charge < -0.3 is 20.4 Å². The van der Waals surface area contributed by atoms with E-state index in [1.807, 2.05) is 0 Å². The van der Waals surface area contributed by atoms with Crippen molar-refractivity contribution in [3.05, 3.63) is 48.5 Å². The molecule has 0 spiro atoms. The number of hydrogen-bond donors (Lipinski definition) is 4. The van der Waals surface area contributed by atoms with Gasteiger partial charge in [0.25, 0.3) is 11.6 Å². The Hall–Kier alpha value is -3.37. The highest BCUT2D eigenvalue weighted by atomic mass is 19.4. The van der Waals surface area contributed by atoms with Gasteiger partial charge in [0, 0.05) is 0 Å². The van der Waals surface area contributed by atoms with Crippen molar-refractivity contribution in [1.29, 1.82) is 0 Å². The topological polar surface area (TPSA) is 149 Å². The molecule has 0 fully saturated rings. The molecule has 0 unspecified atom stereocenters. The van der Waals surface area contributed by atoms with Crippen molar-refractivity contribution in [3.63, 3.8) is 0 Å². The second-order valence-electron chi connectivity index (χ2n) is 3.45. The lowest BCUT2D eigenvalue weighted by Gasteiger charge is -1.97. The Kier molecular flexibility index (Phi) is 10.7. The van der Waals surface area contributed by atoms with Gasteiger partial charge in [-0.3, -0.25) is 9.59 Å². The van der Waals surface area contributed by atoms with Gasteiger partial charge in [0.15, 0.2) is 0 Å². The van der Waals surface area contributed by atoms with Crippen LogP contribution in [0.5, 0.6) is 0 Å². The van der Waals surface area contributed by atoms with E-state index in [-0.39, 0.29) is 6.08 Å². The summed E-state index contributed by atoms with van der Waals surface area (Å²) in [6.45, 7) is 0. The summed E-state index contributed by atoms with van der Waals surface area (Å²) in [5.41, 5.74) is 0. The molecule has 0 rings (SSSR count). The van der Waals surface area contributed by atoms with Gasteiger partial charge in [-0.05, 0) is 24.3 Å². The third-order valence-corrected chi connectivity index (χ3v) is 1.66. The fourth-order valence-electron chi connectivity index (χ4n) is 0.656. The SMILES string of the molecule is O=C(O)C(=O)C=CC=CO.O=C(O)C(O)=CC=CC(=O)C(F)(F)F. The number of aliphatic carboxylic acids is 2. The number of aliphatic hydroxyl groups excluding tert-OH is 2. The molecule has 4 N–H and O–H groups in total. The number of alkyl halides is 3. The molecular weight excluding hydrogens is 341 g/mol. The molecule has 0 aromatic heterocycles. The van der Waals surface area contributed by atoms with Gasteiger partial charge in [0.2, 0.25) is 5.76 Å². The third kappa shape index (κ3) is 12.4. The van der Waals surface area contributed by atoms with Crippen molar-refractivity contribution in [2.45, 2.75) is 6.18 Å². The van der Waals surface area contributed by atoms with Crippen LogP contribution in [-0.2, 0) is 19.2 Å². The molecule has 0 amide bonds. The minimum absolute atomic E-state index is 0.110. The minimum atomic E-state index is -5.00. The van der Waals surface area contributed by atoms with Crippen LogP contribution in [0, 0.1) is 0 Å². The number of ketones is 2. The number of rotatable bonds is 6. The lowest BCUT2D eigenvalue weighted by molar-refractivity contribution is -0.165. The minimum Gasteiger partial charge on any atom is -0.516 e. The Morgan fingerprint density at radius 3 is 1.71 bits per heavy atom. The van der Waals surface area contributed by atoms with Gasteiger partial charge in [-0.2, -0.15) is 13.2 Å². The number of carbonyl (C=O) groups excluding carboxylic acids is 2. The second-order valence-corrected chi connectivity index (χ2v) is 3.45. The molecule has 0 radical (unpaired) electrons. The molecule has 0 aromatic rings. The van der Waals surface area contributed by atoms with Crippen molar-refractivity contribution in [2.75, 3.05) is 0 Å². The third-order valence-electron chi connectivity index (χ3n) is 1.66. The number of hydrogen-bond acceptors (Lipinski definition) is 6. The van der Waals surface area contributed by atoms with E-state index in [0.717, 1.165) is 18.2 Å². The van der Waals surface area contributed by atoms with E-state index in [2.05, 4.69) is 0 Å². The molecule has 132 valence electrons. The van der Waals surface area contributed by atoms with Crippen LogP contribution in [0.3, 0.4) is 0 Å². The Morgan fingerprint density at radius 1 is 0.792 bits per heavy atom. The fourth-order valence-corrected chi connectivity index (χ4v) is 0.656. The number of halogens is 3. The maximum Gasteiger partial charge on any atom is 0.454 e. The summed E-state index contributed by atoms with van der Waals surface area (Å²) in [4.78, 5) is 40.1. The van der Waals surface area contributed by atoms with Gasteiger partial charge in [-0.1, -0.05) is 12.2 Å². The smallest absolute Gasteiger partial charge is 0.454 e. The maximum atomic E-state index is 11.5. The normalized spacial score (nSPS) is 12.2. The first kappa shape index (κ1) is 22.9. The Balaban J connectivity index is 0. The molecule has 0 aliphatic rings. The first-order valence-corrected chi connectivity index (χ1v) is 5.60. The monoisotopic (exact) mass is 352 g/mol. The van der Waals surface area contributed by atoms with Crippen LogP contribution in [0.25, 0.3) is 0 Å². The molecule has 0 atom stereocenters. The summed E-state index contributed by atoms with van der Waals surface area (Å²) in [5.74, 6) is -7.52. The van der Waals surface area contributed by atoms with Crippen LogP contribution in [0.2, 0.25) is 0 Å². The van der Waals surface area contributed by atoms with Crippen LogP contribution < -0.4 is 0 Å². The number of carboxylic acid groups (broad SMARTS) is 2. The van der Waals surface area contributed by atoms with Gasteiger partial charge >= 0.3 is 18.1 Å². The van der Waals surface area contributed by atoms with Crippen molar-refractivity contribution in [3.8, 4) is 0 Å². The largest absolute Gasteiger partial charge is 0.516 e. The van der Waals surface area contributed by atoms with Crippen molar-refractivity contribution < 1.29 is 52.8 Å². The predicted molar refractivity (Wildman–Crippen MR) is 72.1 cm³/mol. The lowest BCUT2D eigenvalue weighted by Crippen LogP contribution is -2.19. The van der Waals surface area contributed by atoms with E-state index >= 15 is 0 Å². The number of carboxylic acids is 2. The highest BCUT2D eigenvalue weighted by Crippen LogP contribution is 2.16. The summed E-state index contributed by atoms with van der Waals surface area (Å²) in [7, 11) is 0. The van der Waals surface area contributed by atoms with Crippen LogP contribution in [0.4, 0.5) is 13.2 Å². The zero-order valence-corrected chi connectivity index (χ0v) is 11.6. The number of carbonyl (C=O) groups is 4. The van der Waals surface area contributed by atoms with Gasteiger partial charge in [-0.25, -0.2) is 9.59 Å². The maximum absolute atomic E-state index is 11.5. The molecular formula is C13H11F3O8. The molecule has 0 aromatic carbocycles. The molecule has 11 heteroatoms. The van der Waals surface area contributed by atoms with Gasteiger partial charge in [0.05, 0.1) is 6.26 Å². The van der Waals surface area contributed by atoms with E-state index in [4.69, 9.17) is 20.4 Å². The van der Waals surface area contributed by atoms with Crippen molar-refractivity contribution in [1.82, 2.24) is 0 Å². The van der Waals surface area contributed by atoms with Crippen LogP contribution in [0.1, 0.15) is 0 Å². The number of allylic oxidation sites excluding steroid dienone is 5. The number of aliphatic hydroxyl groups is 2. The van der Waals surface area contributed by atoms with E-state index in [9.17, 15) is 32.3 Å². The Morgan fingerprint density at radius 2 is 1.33 bits per heavy atom. The lowest BCUT2D eigenvalue weighted by atomic mass is 10.3. The zero-order chi connectivity index (χ0) is 19.3. The Bertz CT molecular complexity index is 597. The van der Waals surface area contributed by atoms with Crippen LogP contribution >= 0.6 is 0 Å². The first-order valence-electron chi connectivity index (χ1n) is 5.60. The summed E-state index contributed by atoms with van der Waals surface area (Å²) in [6, 6.07) is 0. The van der Waals surface area contributed by atoms with E-state index < -0.39 is 35.4 Å². The van der Waals surface area contributed by atoms with Crippen LogP contribution in [0.15, 0.2) is 48.5 Å². The molecule has 0 bridgehead atoms. The standard InChI is InChI=1S/C7H5F3O4.C6H6O4/c8-7(9,10)5(12)3-1-2-4(11)6(13)14;7-4-2-1-3-5(8)6(9)10/h1-3,11H,(H,13,14);1-4,7H,(H,9,10). The second kappa shape index (κ2) is 11.2. The molecule has 0 aliphatic carbocycles. The van der Waals surface area contributed by atoms with Crippen molar-refractivity contribution >= 4 is 23.5 Å².